The topological polar surface area (TPSA) is 55.5 Å². The molecule has 4 heteroatoms. The number of nitrogens with two attached hydrogens (primary N) is 1. The second-order valence-corrected chi connectivity index (χ2v) is 5.08. The first-order valence-corrected chi connectivity index (χ1v) is 6.93. The van der Waals surface area contributed by atoms with Gasteiger partial charge in [0.15, 0.2) is 11.5 Å². The molecule has 1 aliphatic carbocycles. The highest BCUT2D eigenvalue weighted by Gasteiger charge is 2.22. The molecule has 0 bridgehead atoms. The van der Waals surface area contributed by atoms with E-state index in [0.29, 0.717) is 18.3 Å². The number of halogens is 1. The molecule has 19 heavy (non-hydrogen) atoms. The number of rotatable bonds is 4. The predicted octanol–water partition coefficient (Wildman–Crippen LogP) is 3.79. The van der Waals surface area contributed by atoms with E-state index in [0.717, 1.165) is 5.56 Å². The van der Waals surface area contributed by atoms with Gasteiger partial charge in [-0.15, -0.1) is 12.4 Å². The summed E-state index contributed by atoms with van der Waals surface area (Å²) in [5.74, 6) is 1.30. The number of ether oxygens (including phenoxy) is 1. The van der Waals surface area contributed by atoms with Crippen LogP contribution in [0.25, 0.3) is 0 Å². The highest BCUT2D eigenvalue weighted by atomic mass is 35.5. The number of phenols is 1. The minimum absolute atomic E-state index is 0. The van der Waals surface area contributed by atoms with E-state index in [9.17, 15) is 5.11 Å². The normalized spacial score (nSPS) is 17.6. The molecule has 2 rings (SSSR count). The maximum atomic E-state index is 9.69. The maximum Gasteiger partial charge on any atom is 0.161 e. The van der Waals surface area contributed by atoms with Gasteiger partial charge in [-0.3, -0.25) is 0 Å². The van der Waals surface area contributed by atoms with Crippen LogP contribution < -0.4 is 10.5 Å². The summed E-state index contributed by atoms with van der Waals surface area (Å²) in [5, 5.41) is 9.69. The van der Waals surface area contributed by atoms with Crippen molar-refractivity contribution < 1.29 is 9.84 Å². The molecule has 0 spiro atoms. The second kappa shape index (κ2) is 7.61. The van der Waals surface area contributed by atoms with Crippen LogP contribution in [0.1, 0.15) is 50.6 Å². The molecule has 0 amide bonds. The van der Waals surface area contributed by atoms with Crippen LogP contribution in [0, 0.1) is 5.92 Å². The van der Waals surface area contributed by atoms with Gasteiger partial charge in [-0.1, -0.05) is 25.3 Å². The van der Waals surface area contributed by atoms with Crippen LogP contribution in [0.3, 0.4) is 0 Å². The first-order valence-electron chi connectivity index (χ1n) is 6.93. The Balaban J connectivity index is 0.00000180. The summed E-state index contributed by atoms with van der Waals surface area (Å²) in [4.78, 5) is 0. The number of phenolic OH excluding ortho intramolecular Hbond substituents is 1. The van der Waals surface area contributed by atoms with Crippen molar-refractivity contribution in [2.75, 3.05) is 6.61 Å². The van der Waals surface area contributed by atoms with E-state index >= 15 is 0 Å². The van der Waals surface area contributed by atoms with Crippen molar-refractivity contribution in [1.29, 1.82) is 0 Å². The lowest BCUT2D eigenvalue weighted by atomic mass is 9.81. The van der Waals surface area contributed by atoms with E-state index in [1.807, 2.05) is 19.1 Å². The van der Waals surface area contributed by atoms with Crippen molar-refractivity contribution in [2.24, 2.45) is 11.7 Å². The van der Waals surface area contributed by atoms with Crippen molar-refractivity contribution in [1.82, 2.24) is 0 Å². The van der Waals surface area contributed by atoms with Crippen LogP contribution in [0.15, 0.2) is 18.2 Å². The molecule has 108 valence electrons. The molecule has 1 fully saturated rings. The standard InChI is InChI=1S/C15H23NO2.ClH/c1-2-18-14-10-12(8-9-13(14)17)15(16)11-6-4-3-5-7-11;/h8-11,15,17H,2-7,16H2,1H3;1H/t15-;/m1./s1. The Morgan fingerprint density at radius 3 is 2.63 bits per heavy atom. The largest absolute Gasteiger partial charge is 0.504 e. The molecule has 0 saturated heterocycles. The summed E-state index contributed by atoms with van der Waals surface area (Å²) in [7, 11) is 0. The quantitative estimate of drug-likeness (QED) is 0.885. The molecule has 1 atom stereocenters. The van der Waals surface area contributed by atoms with Crippen LogP contribution in [0.2, 0.25) is 0 Å². The van der Waals surface area contributed by atoms with Gasteiger partial charge in [-0.25, -0.2) is 0 Å². The second-order valence-electron chi connectivity index (χ2n) is 5.08. The van der Waals surface area contributed by atoms with Gasteiger partial charge in [-0.05, 0) is 43.4 Å². The van der Waals surface area contributed by atoms with E-state index in [1.54, 1.807) is 6.07 Å². The average molecular weight is 286 g/mol. The van der Waals surface area contributed by atoms with Gasteiger partial charge in [0.2, 0.25) is 0 Å². The lowest BCUT2D eigenvalue weighted by Gasteiger charge is -2.28. The SMILES string of the molecule is CCOc1cc([C@H](N)C2CCCCC2)ccc1O.Cl. The smallest absolute Gasteiger partial charge is 0.161 e. The molecule has 0 aliphatic heterocycles. The van der Waals surface area contributed by atoms with E-state index in [-0.39, 0.29) is 24.2 Å². The number of hydrogen-bond donors (Lipinski definition) is 2. The van der Waals surface area contributed by atoms with Gasteiger partial charge in [0.05, 0.1) is 6.61 Å². The van der Waals surface area contributed by atoms with E-state index in [2.05, 4.69) is 0 Å². The van der Waals surface area contributed by atoms with Gasteiger partial charge < -0.3 is 15.6 Å². The number of benzene rings is 1. The van der Waals surface area contributed by atoms with Gasteiger partial charge in [0, 0.05) is 6.04 Å². The zero-order valence-corrected chi connectivity index (χ0v) is 12.3. The Morgan fingerprint density at radius 2 is 2.00 bits per heavy atom. The summed E-state index contributed by atoms with van der Waals surface area (Å²) in [6, 6.07) is 5.54. The molecule has 1 saturated carbocycles. The molecule has 1 aromatic rings. The monoisotopic (exact) mass is 285 g/mol. The molecule has 0 unspecified atom stereocenters. The molecule has 3 nitrogen and oxygen atoms in total. The fraction of sp³-hybridized carbons (Fsp3) is 0.600. The Morgan fingerprint density at radius 1 is 1.32 bits per heavy atom. The Hall–Kier alpha value is -0.930. The average Bonchev–Trinajstić information content (AvgIpc) is 2.42. The maximum absolute atomic E-state index is 9.69. The van der Waals surface area contributed by atoms with Gasteiger partial charge in [-0.2, -0.15) is 0 Å². The first kappa shape index (κ1) is 16.1. The van der Waals surface area contributed by atoms with Crippen molar-refractivity contribution in [3.63, 3.8) is 0 Å². The minimum Gasteiger partial charge on any atom is -0.504 e. The number of hydrogen-bond acceptors (Lipinski definition) is 3. The fourth-order valence-electron chi connectivity index (χ4n) is 2.77. The highest BCUT2D eigenvalue weighted by Crippen LogP contribution is 2.36. The Labute approximate surface area is 121 Å². The van der Waals surface area contributed by atoms with Gasteiger partial charge >= 0.3 is 0 Å². The highest BCUT2D eigenvalue weighted by molar-refractivity contribution is 5.85. The van der Waals surface area contributed by atoms with Crippen molar-refractivity contribution >= 4 is 12.4 Å². The van der Waals surface area contributed by atoms with Crippen LogP contribution >= 0.6 is 12.4 Å². The third kappa shape index (κ3) is 4.02. The third-order valence-electron chi connectivity index (χ3n) is 3.83. The summed E-state index contributed by atoms with van der Waals surface area (Å²) < 4.78 is 5.41. The summed E-state index contributed by atoms with van der Waals surface area (Å²) in [6.07, 6.45) is 6.34. The zero-order valence-electron chi connectivity index (χ0n) is 11.5. The molecule has 3 N–H and O–H groups in total. The molecule has 0 heterocycles. The van der Waals surface area contributed by atoms with Gasteiger partial charge in [0.25, 0.3) is 0 Å². The Bertz CT molecular complexity index is 392. The van der Waals surface area contributed by atoms with Crippen molar-refractivity contribution in [3.8, 4) is 11.5 Å². The molecular weight excluding hydrogens is 262 g/mol. The van der Waals surface area contributed by atoms with Crippen LogP contribution in [0.4, 0.5) is 0 Å². The van der Waals surface area contributed by atoms with Crippen molar-refractivity contribution in [2.45, 2.75) is 45.1 Å². The van der Waals surface area contributed by atoms with E-state index in [4.69, 9.17) is 10.5 Å². The molecule has 1 aromatic carbocycles. The molecule has 0 aromatic heterocycles. The summed E-state index contributed by atoms with van der Waals surface area (Å²) >= 11 is 0. The molecular formula is C15H24ClNO2. The third-order valence-corrected chi connectivity index (χ3v) is 3.83. The van der Waals surface area contributed by atoms with Crippen LogP contribution in [-0.2, 0) is 0 Å². The number of aromatic hydroxyl groups is 1. The zero-order chi connectivity index (χ0) is 13.0. The van der Waals surface area contributed by atoms with Crippen LogP contribution in [0.5, 0.6) is 11.5 Å². The molecule has 0 radical (unpaired) electrons. The molecule has 1 aliphatic rings. The van der Waals surface area contributed by atoms with E-state index < -0.39 is 0 Å². The summed E-state index contributed by atoms with van der Waals surface area (Å²) in [5.41, 5.74) is 7.42. The van der Waals surface area contributed by atoms with E-state index in [1.165, 1.54) is 32.1 Å². The van der Waals surface area contributed by atoms with Crippen LogP contribution in [-0.4, -0.2) is 11.7 Å². The van der Waals surface area contributed by atoms with Crippen molar-refractivity contribution in [3.05, 3.63) is 23.8 Å². The minimum atomic E-state index is 0. The predicted molar refractivity (Wildman–Crippen MR) is 80.0 cm³/mol. The lowest BCUT2D eigenvalue weighted by molar-refractivity contribution is 0.302. The first-order chi connectivity index (χ1) is 8.72. The summed E-state index contributed by atoms with van der Waals surface area (Å²) in [6.45, 7) is 2.46. The Kier molecular flexibility index (Phi) is 6.46. The van der Waals surface area contributed by atoms with Gasteiger partial charge in [0.1, 0.15) is 0 Å². The lowest BCUT2D eigenvalue weighted by Crippen LogP contribution is -2.23. The fourth-order valence-corrected chi connectivity index (χ4v) is 2.77.